The van der Waals surface area contributed by atoms with Gasteiger partial charge in [-0.1, -0.05) is 29.8 Å². The number of carbonyl (C=O) groups excluding carboxylic acids is 1. The van der Waals surface area contributed by atoms with E-state index in [2.05, 4.69) is 15.5 Å². The second-order valence-corrected chi connectivity index (χ2v) is 6.82. The van der Waals surface area contributed by atoms with Gasteiger partial charge in [0.1, 0.15) is 5.82 Å². The number of fused-ring (bicyclic) bond motifs is 1. The summed E-state index contributed by atoms with van der Waals surface area (Å²) in [6.45, 7) is 0.741. The molecule has 28 heavy (non-hydrogen) atoms. The van der Waals surface area contributed by atoms with Gasteiger partial charge in [-0.25, -0.2) is 4.39 Å². The fourth-order valence-electron chi connectivity index (χ4n) is 2.98. The summed E-state index contributed by atoms with van der Waals surface area (Å²) in [6.07, 6.45) is 5.21. The summed E-state index contributed by atoms with van der Waals surface area (Å²) in [4.78, 5) is 12.2. The van der Waals surface area contributed by atoms with E-state index < -0.39 is 0 Å². The maximum absolute atomic E-state index is 13.7. The Bertz CT molecular complexity index is 1140. The molecule has 0 radical (unpaired) electrons. The van der Waals surface area contributed by atoms with E-state index >= 15 is 0 Å². The molecular weight excluding hydrogens is 381 g/mol. The minimum absolute atomic E-state index is 0.150. The summed E-state index contributed by atoms with van der Waals surface area (Å²) >= 11 is 5.98. The van der Waals surface area contributed by atoms with E-state index in [4.69, 9.17) is 11.6 Å². The van der Waals surface area contributed by atoms with Crippen LogP contribution in [0.4, 0.5) is 10.1 Å². The molecule has 2 aromatic heterocycles. The second-order valence-electron chi connectivity index (χ2n) is 6.39. The number of hydrogen-bond acceptors (Lipinski definition) is 3. The molecule has 0 aliphatic carbocycles. The van der Waals surface area contributed by atoms with E-state index in [0.717, 1.165) is 10.9 Å². The highest BCUT2D eigenvalue weighted by Crippen LogP contribution is 2.19. The van der Waals surface area contributed by atoms with Crippen molar-refractivity contribution in [1.82, 2.24) is 19.6 Å². The number of aromatic nitrogens is 4. The minimum Gasteiger partial charge on any atom is -0.323 e. The van der Waals surface area contributed by atoms with Gasteiger partial charge in [0.2, 0.25) is 5.91 Å². The van der Waals surface area contributed by atoms with Gasteiger partial charge in [-0.2, -0.15) is 10.2 Å². The van der Waals surface area contributed by atoms with Crippen LogP contribution < -0.4 is 5.32 Å². The number of nitrogens with zero attached hydrogens (tertiary/aromatic N) is 4. The lowest BCUT2D eigenvalue weighted by molar-refractivity contribution is -0.116. The Balaban J connectivity index is 1.35. The SMILES string of the molecule is O=C(CCn1ncc2cc(Cl)ccc21)Nc1cnn(Cc2ccccc2F)c1. The fourth-order valence-corrected chi connectivity index (χ4v) is 3.16. The molecule has 0 saturated heterocycles. The van der Waals surface area contributed by atoms with Gasteiger partial charge in [-0.3, -0.25) is 14.2 Å². The molecule has 2 heterocycles. The summed E-state index contributed by atoms with van der Waals surface area (Å²) in [5.41, 5.74) is 2.03. The molecule has 0 aliphatic rings. The minimum atomic E-state index is -0.281. The summed E-state index contributed by atoms with van der Waals surface area (Å²) in [6, 6.07) is 12.1. The van der Waals surface area contributed by atoms with Gasteiger partial charge < -0.3 is 5.32 Å². The highest BCUT2D eigenvalue weighted by molar-refractivity contribution is 6.31. The van der Waals surface area contributed by atoms with Gasteiger partial charge in [0.25, 0.3) is 0 Å². The number of aryl methyl sites for hydroxylation is 1. The van der Waals surface area contributed by atoms with Gasteiger partial charge >= 0.3 is 0 Å². The number of hydrogen-bond donors (Lipinski definition) is 1. The molecule has 1 amide bonds. The Morgan fingerprint density at radius 1 is 1.14 bits per heavy atom. The molecule has 0 atom stereocenters. The predicted molar refractivity (Wildman–Crippen MR) is 106 cm³/mol. The van der Waals surface area contributed by atoms with Crippen molar-refractivity contribution in [3.63, 3.8) is 0 Å². The lowest BCUT2D eigenvalue weighted by Gasteiger charge is -2.05. The monoisotopic (exact) mass is 397 g/mol. The number of amides is 1. The zero-order valence-electron chi connectivity index (χ0n) is 14.8. The quantitative estimate of drug-likeness (QED) is 0.532. The Kier molecular flexibility index (Phi) is 5.08. The Morgan fingerprint density at radius 3 is 2.86 bits per heavy atom. The first-order chi connectivity index (χ1) is 13.6. The van der Waals surface area contributed by atoms with Gasteiger partial charge in [-0.05, 0) is 24.3 Å². The molecule has 8 heteroatoms. The summed E-state index contributed by atoms with van der Waals surface area (Å²) < 4.78 is 17.1. The third kappa shape index (κ3) is 4.04. The van der Waals surface area contributed by atoms with Crippen LogP contribution in [0, 0.1) is 5.82 Å². The summed E-state index contributed by atoms with van der Waals surface area (Å²) in [5, 5.41) is 12.9. The molecule has 0 spiro atoms. The van der Waals surface area contributed by atoms with Crippen LogP contribution in [0.25, 0.3) is 10.9 Å². The van der Waals surface area contributed by atoms with Crippen LogP contribution in [0.15, 0.2) is 61.1 Å². The van der Waals surface area contributed by atoms with Crippen LogP contribution in [0.2, 0.25) is 5.02 Å². The van der Waals surface area contributed by atoms with Crippen molar-refractivity contribution in [1.29, 1.82) is 0 Å². The highest BCUT2D eigenvalue weighted by atomic mass is 35.5. The maximum Gasteiger partial charge on any atom is 0.226 e. The smallest absolute Gasteiger partial charge is 0.226 e. The van der Waals surface area contributed by atoms with E-state index in [9.17, 15) is 9.18 Å². The third-order valence-corrected chi connectivity index (χ3v) is 4.60. The second kappa shape index (κ2) is 7.82. The van der Waals surface area contributed by atoms with Crippen molar-refractivity contribution in [3.8, 4) is 0 Å². The summed E-state index contributed by atoms with van der Waals surface area (Å²) in [7, 11) is 0. The van der Waals surface area contributed by atoms with Crippen molar-refractivity contribution in [3.05, 3.63) is 77.5 Å². The Labute approximate surface area is 165 Å². The third-order valence-electron chi connectivity index (χ3n) is 4.36. The number of halogens is 2. The van der Waals surface area contributed by atoms with E-state index in [0.29, 0.717) is 29.4 Å². The van der Waals surface area contributed by atoms with Crippen LogP contribution in [0.3, 0.4) is 0 Å². The fraction of sp³-hybridized carbons (Fsp3) is 0.150. The molecule has 1 N–H and O–H groups in total. The van der Waals surface area contributed by atoms with Crippen molar-refractivity contribution in [2.24, 2.45) is 0 Å². The van der Waals surface area contributed by atoms with Crippen molar-refractivity contribution in [2.75, 3.05) is 5.32 Å². The zero-order valence-corrected chi connectivity index (χ0v) is 15.6. The molecule has 142 valence electrons. The first kappa shape index (κ1) is 18.2. The topological polar surface area (TPSA) is 64.7 Å². The van der Waals surface area contributed by atoms with Crippen molar-refractivity contribution < 1.29 is 9.18 Å². The van der Waals surface area contributed by atoms with Crippen molar-refractivity contribution >= 4 is 34.1 Å². The molecule has 0 saturated carbocycles. The number of carbonyl (C=O) groups is 1. The zero-order chi connectivity index (χ0) is 19.5. The van der Waals surface area contributed by atoms with Gasteiger partial charge in [0.05, 0.1) is 36.7 Å². The first-order valence-corrected chi connectivity index (χ1v) is 9.13. The van der Waals surface area contributed by atoms with Crippen molar-refractivity contribution in [2.45, 2.75) is 19.5 Å². The van der Waals surface area contributed by atoms with Crippen LogP contribution >= 0.6 is 11.6 Å². The van der Waals surface area contributed by atoms with Crippen LogP contribution in [-0.2, 0) is 17.9 Å². The molecule has 0 bridgehead atoms. The number of benzene rings is 2. The number of rotatable bonds is 6. The number of nitrogens with one attached hydrogen (secondary N) is 1. The van der Waals surface area contributed by atoms with E-state index in [1.807, 2.05) is 12.1 Å². The van der Waals surface area contributed by atoms with Crippen LogP contribution in [0.5, 0.6) is 0 Å². The first-order valence-electron chi connectivity index (χ1n) is 8.75. The Morgan fingerprint density at radius 2 is 2.00 bits per heavy atom. The predicted octanol–water partition coefficient (Wildman–Crippen LogP) is 4.10. The van der Waals surface area contributed by atoms with E-state index in [1.165, 1.54) is 6.07 Å². The van der Waals surface area contributed by atoms with Crippen LogP contribution in [-0.4, -0.2) is 25.5 Å². The Hall–Kier alpha value is -3.19. The highest BCUT2D eigenvalue weighted by Gasteiger charge is 2.09. The molecule has 0 unspecified atom stereocenters. The molecule has 4 aromatic rings. The number of anilines is 1. The summed E-state index contributed by atoms with van der Waals surface area (Å²) in [5.74, 6) is -0.431. The molecule has 6 nitrogen and oxygen atoms in total. The largest absolute Gasteiger partial charge is 0.323 e. The van der Waals surface area contributed by atoms with Gasteiger partial charge in [0, 0.05) is 28.6 Å². The molecular formula is C20H17ClFN5O. The standard InChI is InChI=1S/C20H17ClFN5O/c21-16-5-6-19-15(9-16)10-24-27(19)8-7-20(28)25-17-11-23-26(13-17)12-14-3-1-2-4-18(14)22/h1-6,9-11,13H,7-8,12H2,(H,25,28). The van der Waals surface area contributed by atoms with Gasteiger partial charge in [-0.15, -0.1) is 0 Å². The van der Waals surface area contributed by atoms with E-state index in [-0.39, 0.29) is 18.1 Å². The molecule has 0 fully saturated rings. The molecule has 4 rings (SSSR count). The average molecular weight is 398 g/mol. The maximum atomic E-state index is 13.7. The normalized spacial score (nSPS) is 11.1. The lowest BCUT2D eigenvalue weighted by atomic mass is 10.2. The van der Waals surface area contributed by atoms with Crippen LogP contribution in [0.1, 0.15) is 12.0 Å². The average Bonchev–Trinajstić information content (AvgIpc) is 3.28. The lowest BCUT2D eigenvalue weighted by Crippen LogP contribution is -2.14. The molecule has 0 aliphatic heterocycles. The van der Waals surface area contributed by atoms with E-state index in [1.54, 1.807) is 52.2 Å². The molecule has 2 aromatic carbocycles. The van der Waals surface area contributed by atoms with Gasteiger partial charge in [0.15, 0.2) is 0 Å².